The summed E-state index contributed by atoms with van der Waals surface area (Å²) in [5, 5.41) is 0. The molecule has 0 fully saturated rings. The molecule has 1 aromatic heterocycles. The molecule has 0 aliphatic carbocycles. The highest BCUT2D eigenvalue weighted by Gasteiger charge is 2.22. The molecule has 4 nitrogen and oxygen atoms in total. The van der Waals surface area contributed by atoms with E-state index in [0.29, 0.717) is 4.90 Å². The number of rotatable bonds is 0. The third-order valence-corrected chi connectivity index (χ3v) is 3.26. The SMILES string of the molecule is CC1CSc2c1[nH]c(=O)[nH]c2=O. The number of thioether (sulfide) groups is 1. The van der Waals surface area contributed by atoms with Crippen molar-refractivity contribution in [2.45, 2.75) is 17.7 Å². The first-order valence-corrected chi connectivity index (χ1v) is 4.66. The Balaban J connectivity index is 2.77. The van der Waals surface area contributed by atoms with Crippen LogP contribution < -0.4 is 11.2 Å². The van der Waals surface area contributed by atoms with E-state index in [2.05, 4.69) is 9.97 Å². The van der Waals surface area contributed by atoms with Gasteiger partial charge in [-0.3, -0.25) is 9.78 Å². The predicted molar refractivity (Wildman–Crippen MR) is 46.8 cm³/mol. The van der Waals surface area contributed by atoms with Gasteiger partial charge in [0, 0.05) is 17.4 Å². The molecular weight excluding hydrogens is 176 g/mol. The summed E-state index contributed by atoms with van der Waals surface area (Å²) in [4.78, 5) is 27.6. The summed E-state index contributed by atoms with van der Waals surface area (Å²) >= 11 is 1.50. The Hall–Kier alpha value is -0.970. The molecule has 1 aliphatic rings. The smallest absolute Gasteiger partial charge is 0.310 e. The van der Waals surface area contributed by atoms with Crippen LogP contribution in [0.25, 0.3) is 0 Å². The molecule has 0 spiro atoms. The lowest BCUT2D eigenvalue weighted by Crippen LogP contribution is -2.24. The van der Waals surface area contributed by atoms with E-state index < -0.39 is 5.69 Å². The fraction of sp³-hybridized carbons (Fsp3) is 0.429. The molecule has 12 heavy (non-hydrogen) atoms. The number of aromatic amines is 2. The molecule has 1 aliphatic heterocycles. The Morgan fingerprint density at radius 1 is 1.42 bits per heavy atom. The molecule has 2 rings (SSSR count). The van der Waals surface area contributed by atoms with Crippen molar-refractivity contribution in [2.75, 3.05) is 5.75 Å². The molecule has 2 N–H and O–H groups in total. The topological polar surface area (TPSA) is 65.7 Å². The van der Waals surface area contributed by atoms with Gasteiger partial charge in [-0.15, -0.1) is 11.8 Å². The van der Waals surface area contributed by atoms with Crippen LogP contribution >= 0.6 is 11.8 Å². The van der Waals surface area contributed by atoms with Crippen molar-refractivity contribution >= 4 is 11.8 Å². The van der Waals surface area contributed by atoms with Crippen molar-refractivity contribution < 1.29 is 0 Å². The van der Waals surface area contributed by atoms with Gasteiger partial charge in [0.1, 0.15) is 0 Å². The maximum Gasteiger partial charge on any atom is 0.325 e. The van der Waals surface area contributed by atoms with Gasteiger partial charge in [0.2, 0.25) is 0 Å². The number of H-pyrrole nitrogens is 2. The fourth-order valence-electron chi connectivity index (χ4n) is 1.27. The average Bonchev–Trinajstić information content (AvgIpc) is 2.33. The van der Waals surface area contributed by atoms with Crippen LogP contribution in [0.3, 0.4) is 0 Å². The van der Waals surface area contributed by atoms with Gasteiger partial charge in [-0.25, -0.2) is 4.79 Å². The summed E-state index contributed by atoms with van der Waals surface area (Å²) in [6, 6.07) is 0. The summed E-state index contributed by atoms with van der Waals surface area (Å²) in [6.07, 6.45) is 0. The lowest BCUT2D eigenvalue weighted by Gasteiger charge is -1.99. The molecule has 64 valence electrons. The molecule has 5 heteroatoms. The highest BCUT2D eigenvalue weighted by molar-refractivity contribution is 7.99. The van der Waals surface area contributed by atoms with E-state index in [1.807, 2.05) is 6.92 Å². The maximum absolute atomic E-state index is 11.2. The Bertz CT molecular complexity index is 420. The number of hydrogen-bond acceptors (Lipinski definition) is 3. The molecule has 1 unspecified atom stereocenters. The molecule has 0 radical (unpaired) electrons. The summed E-state index contributed by atoms with van der Waals surface area (Å²) in [6.45, 7) is 1.99. The highest BCUT2D eigenvalue weighted by atomic mass is 32.2. The number of fused-ring (bicyclic) bond motifs is 1. The third kappa shape index (κ3) is 1.01. The minimum absolute atomic E-state index is 0.261. The predicted octanol–water partition coefficient (Wildman–Crippen LogP) is 0.272. The highest BCUT2D eigenvalue weighted by Crippen LogP contribution is 2.34. The van der Waals surface area contributed by atoms with E-state index in [1.165, 1.54) is 11.8 Å². The Labute approximate surface area is 72.4 Å². The van der Waals surface area contributed by atoms with Crippen LogP contribution in [0, 0.1) is 0 Å². The molecule has 0 aromatic carbocycles. The van der Waals surface area contributed by atoms with Gasteiger partial charge in [0.05, 0.1) is 4.90 Å². The molecule has 0 bridgehead atoms. The van der Waals surface area contributed by atoms with E-state index in [4.69, 9.17) is 0 Å². The molecule has 0 amide bonds. The molecule has 1 aromatic rings. The molecule has 2 heterocycles. The maximum atomic E-state index is 11.2. The molecule has 1 atom stereocenters. The van der Waals surface area contributed by atoms with Crippen molar-refractivity contribution in [3.05, 3.63) is 26.5 Å². The van der Waals surface area contributed by atoms with Gasteiger partial charge in [0.15, 0.2) is 0 Å². The summed E-state index contributed by atoms with van der Waals surface area (Å²) in [7, 11) is 0. The number of aromatic nitrogens is 2. The lowest BCUT2D eigenvalue weighted by atomic mass is 10.1. The Kier molecular flexibility index (Phi) is 1.61. The van der Waals surface area contributed by atoms with Crippen molar-refractivity contribution in [3.63, 3.8) is 0 Å². The van der Waals surface area contributed by atoms with Crippen LogP contribution in [0.5, 0.6) is 0 Å². The zero-order valence-electron chi connectivity index (χ0n) is 6.51. The van der Waals surface area contributed by atoms with Crippen LogP contribution in [0.2, 0.25) is 0 Å². The van der Waals surface area contributed by atoms with Crippen molar-refractivity contribution in [2.24, 2.45) is 0 Å². The summed E-state index contributed by atoms with van der Waals surface area (Å²) in [5.74, 6) is 1.15. The molecular formula is C7H8N2O2S. The van der Waals surface area contributed by atoms with Gasteiger partial charge >= 0.3 is 5.69 Å². The standard InChI is InChI=1S/C7H8N2O2S/c1-3-2-12-5-4(3)8-7(11)9-6(5)10/h3H,2H2,1H3,(H2,8,9,10,11). The zero-order valence-corrected chi connectivity index (χ0v) is 7.33. The molecule has 0 saturated carbocycles. The van der Waals surface area contributed by atoms with Gasteiger partial charge in [-0.05, 0) is 0 Å². The second kappa shape index (κ2) is 2.52. The number of nitrogens with one attached hydrogen (secondary N) is 2. The largest absolute Gasteiger partial charge is 0.325 e. The average molecular weight is 184 g/mol. The van der Waals surface area contributed by atoms with E-state index >= 15 is 0 Å². The second-order valence-electron chi connectivity index (χ2n) is 2.86. The van der Waals surface area contributed by atoms with Crippen LogP contribution in [0.1, 0.15) is 18.5 Å². The fourth-order valence-corrected chi connectivity index (χ4v) is 2.45. The third-order valence-electron chi connectivity index (χ3n) is 1.90. The van der Waals surface area contributed by atoms with Crippen molar-refractivity contribution in [1.29, 1.82) is 0 Å². The molecule has 0 saturated heterocycles. The zero-order chi connectivity index (χ0) is 8.72. The summed E-state index contributed by atoms with van der Waals surface area (Å²) < 4.78 is 0. The van der Waals surface area contributed by atoms with Gasteiger partial charge < -0.3 is 4.98 Å². The van der Waals surface area contributed by atoms with E-state index in [1.54, 1.807) is 0 Å². The Morgan fingerprint density at radius 3 is 2.92 bits per heavy atom. The van der Waals surface area contributed by atoms with Crippen LogP contribution in [-0.2, 0) is 0 Å². The lowest BCUT2D eigenvalue weighted by molar-refractivity contribution is 0.793. The van der Waals surface area contributed by atoms with E-state index in [-0.39, 0.29) is 11.5 Å². The minimum atomic E-state index is -0.409. The first kappa shape index (κ1) is 7.67. The van der Waals surface area contributed by atoms with Crippen molar-refractivity contribution in [3.8, 4) is 0 Å². The van der Waals surface area contributed by atoms with Crippen molar-refractivity contribution in [1.82, 2.24) is 9.97 Å². The van der Waals surface area contributed by atoms with Gasteiger partial charge in [0.25, 0.3) is 5.56 Å². The second-order valence-corrected chi connectivity index (χ2v) is 3.89. The minimum Gasteiger partial charge on any atom is -0.310 e. The Morgan fingerprint density at radius 2 is 2.17 bits per heavy atom. The monoisotopic (exact) mass is 184 g/mol. The first-order valence-electron chi connectivity index (χ1n) is 3.68. The number of hydrogen-bond donors (Lipinski definition) is 2. The normalized spacial score (nSPS) is 20.9. The van der Waals surface area contributed by atoms with Gasteiger partial charge in [-0.1, -0.05) is 6.92 Å². The van der Waals surface area contributed by atoms with E-state index in [9.17, 15) is 9.59 Å². The van der Waals surface area contributed by atoms with Gasteiger partial charge in [-0.2, -0.15) is 0 Å². The van der Waals surface area contributed by atoms with Crippen LogP contribution in [0.15, 0.2) is 14.5 Å². The first-order chi connectivity index (χ1) is 5.68. The van der Waals surface area contributed by atoms with E-state index in [0.717, 1.165) is 11.4 Å². The van der Waals surface area contributed by atoms with Crippen LogP contribution in [0.4, 0.5) is 0 Å². The van der Waals surface area contributed by atoms with Crippen LogP contribution in [-0.4, -0.2) is 15.7 Å². The quantitative estimate of drug-likeness (QED) is 0.608. The summed E-state index contributed by atoms with van der Waals surface area (Å²) in [5.41, 5.74) is 0.116.